The maximum absolute atomic E-state index is 12.4. The van der Waals surface area contributed by atoms with E-state index in [1.807, 2.05) is 31.2 Å². The molecule has 1 amide bonds. The van der Waals surface area contributed by atoms with Gasteiger partial charge in [0, 0.05) is 17.0 Å². The lowest BCUT2D eigenvalue weighted by molar-refractivity contribution is 0.0930. The first kappa shape index (κ1) is 14.1. The Morgan fingerprint density at radius 3 is 2.90 bits per heavy atom. The largest absolute Gasteiger partial charge is 0.360 e. The van der Waals surface area contributed by atoms with Crippen molar-refractivity contribution in [1.82, 2.24) is 10.5 Å². The number of carbonyl (C=O) groups excluding carboxylic acids is 1. The Balaban J connectivity index is 1.78. The summed E-state index contributed by atoms with van der Waals surface area (Å²) in [6.45, 7) is 1.91. The van der Waals surface area contributed by atoms with Gasteiger partial charge in [-0.1, -0.05) is 35.0 Å². The smallest absolute Gasteiger partial charge is 0.274 e. The monoisotopic (exact) mass is 304 g/mol. The highest BCUT2D eigenvalue weighted by Crippen LogP contribution is 2.26. The van der Waals surface area contributed by atoms with Crippen LogP contribution in [-0.4, -0.2) is 11.1 Å². The molecule has 1 heterocycles. The van der Waals surface area contributed by atoms with E-state index in [9.17, 15) is 4.79 Å². The summed E-state index contributed by atoms with van der Waals surface area (Å²) >= 11 is 6.16. The molecule has 0 saturated heterocycles. The molecule has 0 aliphatic heterocycles. The average Bonchev–Trinajstić information content (AvgIpc) is 2.91. The van der Waals surface area contributed by atoms with Crippen molar-refractivity contribution in [1.29, 1.82) is 0 Å². The van der Waals surface area contributed by atoms with E-state index in [1.165, 1.54) is 0 Å². The molecule has 0 saturated carbocycles. The number of halogens is 1. The van der Waals surface area contributed by atoms with Gasteiger partial charge >= 0.3 is 0 Å². The molecule has 1 aromatic heterocycles. The SMILES string of the molecule is CC(NC(=O)c1noc2c1CCCC2)c1ccccc1Cl. The van der Waals surface area contributed by atoms with Crippen LogP contribution in [0.3, 0.4) is 0 Å². The Kier molecular flexibility index (Phi) is 3.97. The fourth-order valence-corrected chi connectivity index (χ4v) is 3.03. The van der Waals surface area contributed by atoms with Crippen LogP contribution in [-0.2, 0) is 12.8 Å². The van der Waals surface area contributed by atoms with Gasteiger partial charge in [-0.25, -0.2) is 0 Å². The Hall–Kier alpha value is -1.81. The van der Waals surface area contributed by atoms with Crippen molar-refractivity contribution < 1.29 is 9.32 Å². The third-order valence-corrected chi connectivity index (χ3v) is 4.23. The first-order chi connectivity index (χ1) is 10.2. The Morgan fingerprint density at radius 2 is 2.10 bits per heavy atom. The zero-order valence-electron chi connectivity index (χ0n) is 11.9. The molecule has 21 heavy (non-hydrogen) atoms. The number of hydrogen-bond acceptors (Lipinski definition) is 3. The maximum Gasteiger partial charge on any atom is 0.274 e. The lowest BCUT2D eigenvalue weighted by Crippen LogP contribution is -2.28. The molecule has 1 aliphatic rings. The number of fused-ring (bicyclic) bond motifs is 1. The maximum atomic E-state index is 12.4. The van der Waals surface area contributed by atoms with Gasteiger partial charge < -0.3 is 9.84 Å². The van der Waals surface area contributed by atoms with Gasteiger partial charge in [-0.3, -0.25) is 4.79 Å². The highest BCUT2D eigenvalue weighted by molar-refractivity contribution is 6.31. The molecular weight excluding hydrogens is 288 g/mol. The normalized spacial score (nSPS) is 15.3. The highest BCUT2D eigenvalue weighted by Gasteiger charge is 2.25. The van der Waals surface area contributed by atoms with Crippen LogP contribution in [0.15, 0.2) is 28.8 Å². The molecule has 1 unspecified atom stereocenters. The van der Waals surface area contributed by atoms with Crippen LogP contribution in [0, 0.1) is 0 Å². The van der Waals surface area contributed by atoms with Crippen molar-refractivity contribution in [3.63, 3.8) is 0 Å². The van der Waals surface area contributed by atoms with E-state index in [1.54, 1.807) is 0 Å². The van der Waals surface area contributed by atoms with Gasteiger partial charge in [-0.2, -0.15) is 0 Å². The molecule has 3 rings (SSSR count). The van der Waals surface area contributed by atoms with Gasteiger partial charge in [-0.05, 0) is 37.8 Å². The molecule has 5 heteroatoms. The number of nitrogens with zero attached hydrogens (tertiary/aromatic N) is 1. The van der Waals surface area contributed by atoms with Gasteiger partial charge in [0.05, 0.1) is 6.04 Å². The number of nitrogens with one attached hydrogen (secondary N) is 1. The molecule has 110 valence electrons. The summed E-state index contributed by atoms with van der Waals surface area (Å²) in [5, 5.41) is 7.54. The van der Waals surface area contributed by atoms with E-state index in [4.69, 9.17) is 16.1 Å². The fourth-order valence-electron chi connectivity index (χ4n) is 2.73. The molecule has 0 fully saturated rings. The number of carbonyl (C=O) groups is 1. The van der Waals surface area contributed by atoms with E-state index in [0.29, 0.717) is 10.7 Å². The molecule has 2 aromatic rings. The molecule has 4 nitrogen and oxygen atoms in total. The van der Waals surface area contributed by atoms with E-state index in [0.717, 1.165) is 42.6 Å². The first-order valence-electron chi connectivity index (χ1n) is 7.19. The third-order valence-electron chi connectivity index (χ3n) is 3.88. The topological polar surface area (TPSA) is 55.1 Å². The molecule has 1 aliphatic carbocycles. The Bertz CT molecular complexity index is 666. The molecule has 1 N–H and O–H groups in total. The van der Waals surface area contributed by atoms with Crippen LogP contribution < -0.4 is 5.32 Å². The second-order valence-electron chi connectivity index (χ2n) is 5.36. The zero-order valence-corrected chi connectivity index (χ0v) is 12.6. The zero-order chi connectivity index (χ0) is 14.8. The summed E-state index contributed by atoms with van der Waals surface area (Å²) in [7, 11) is 0. The molecule has 0 spiro atoms. The second kappa shape index (κ2) is 5.90. The Morgan fingerprint density at radius 1 is 1.33 bits per heavy atom. The van der Waals surface area contributed by atoms with Crippen LogP contribution >= 0.6 is 11.6 Å². The summed E-state index contributed by atoms with van der Waals surface area (Å²) in [4.78, 5) is 12.4. The van der Waals surface area contributed by atoms with Crippen molar-refractivity contribution >= 4 is 17.5 Å². The number of hydrogen-bond donors (Lipinski definition) is 1. The quantitative estimate of drug-likeness (QED) is 0.940. The van der Waals surface area contributed by atoms with Gasteiger partial charge in [0.2, 0.25) is 0 Å². The van der Waals surface area contributed by atoms with Gasteiger partial charge in [0.25, 0.3) is 5.91 Å². The van der Waals surface area contributed by atoms with Crippen molar-refractivity contribution in [3.05, 3.63) is 51.9 Å². The highest BCUT2D eigenvalue weighted by atomic mass is 35.5. The minimum absolute atomic E-state index is 0.179. The van der Waals surface area contributed by atoms with Crippen molar-refractivity contribution in [2.24, 2.45) is 0 Å². The molecule has 1 atom stereocenters. The lowest BCUT2D eigenvalue weighted by Gasteiger charge is -2.15. The van der Waals surface area contributed by atoms with Crippen molar-refractivity contribution in [2.45, 2.75) is 38.6 Å². The van der Waals surface area contributed by atoms with Gasteiger partial charge in [-0.15, -0.1) is 0 Å². The van der Waals surface area contributed by atoms with E-state index < -0.39 is 0 Å². The minimum Gasteiger partial charge on any atom is -0.360 e. The van der Waals surface area contributed by atoms with Crippen LogP contribution in [0.1, 0.15) is 53.2 Å². The predicted octanol–water partition coefficient (Wildman–Crippen LogP) is 3.70. The average molecular weight is 305 g/mol. The number of aryl methyl sites for hydroxylation is 1. The van der Waals surface area contributed by atoms with Crippen LogP contribution in [0.5, 0.6) is 0 Å². The standard InChI is InChI=1S/C16H17ClN2O2/c1-10(11-6-2-4-8-13(11)17)18-16(20)15-12-7-3-5-9-14(12)21-19-15/h2,4,6,8,10H,3,5,7,9H2,1H3,(H,18,20). The van der Waals surface area contributed by atoms with Crippen LogP contribution in [0.2, 0.25) is 5.02 Å². The summed E-state index contributed by atoms with van der Waals surface area (Å²) < 4.78 is 5.28. The van der Waals surface area contributed by atoms with Gasteiger partial charge in [0.15, 0.2) is 5.69 Å². The molecule has 0 bridgehead atoms. The fraction of sp³-hybridized carbons (Fsp3) is 0.375. The van der Waals surface area contributed by atoms with Gasteiger partial charge in [0.1, 0.15) is 5.76 Å². The number of amides is 1. The predicted molar refractivity (Wildman–Crippen MR) is 80.5 cm³/mol. The van der Waals surface area contributed by atoms with Crippen LogP contribution in [0.4, 0.5) is 0 Å². The van der Waals surface area contributed by atoms with E-state index in [-0.39, 0.29) is 11.9 Å². The summed E-state index contributed by atoms with van der Waals surface area (Å²) in [6, 6.07) is 7.32. The molecule has 0 radical (unpaired) electrons. The van der Waals surface area contributed by atoms with Crippen LogP contribution in [0.25, 0.3) is 0 Å². The minimum atomic E-state index is -0.200. The van der Waals surface area contributed by atoms with Crippen molar-refractivity contribution in [3.8, 4) is 0 Å². The summed E-state index contributed by atoms with van der Waals surface area (Å²) in [5.41, 5.74) is 2.28. The Labute approximate surface area is 128 Å². The van der Waals surface area contributed by atoms with Crippen molar-refractivity contribution in [2.75, 3.05) is 0 Å². The number of rotatable bonds is 3. The lowest BCUT2D eigenvalue weighted by atomic mass is 9.96. The van der Waals surface area contributed by atoms with E-state index >= 15 is 0 Å². The number of benzene rings is 1. The summed E-state index contributed by atoms with van der Waals surface area (Å²) in [5.74, 6) is 0.658. The van der Waals surface area contributed by atoms with E-state index in [2.05, 4.69) is 10.5 Å². The molecular formula is C16H17ClN2O2. The summed E-state index contributed by atoms with van der Waals surface area (Å²) in [6.07, 6.45) is 3.91. The third kappa shape index (κ3) is 2.81. The second-order valence-corrected chi connectivity index (χ2v) is 5.76. The first-order valence-corrected chi connectivity index (χ1v) is 7.57. The number of aromatic nitrogens is 1. The molecule has 1 aromatic carbocycles.